The minimum Gasteiger partial charge on any atom is -0.355 e. The van der Waals surface area contributed by atoms with Gasteiger partial charge in [-0.15, -0.1) is 0 Å². The number of hydrogen-bond donors (Lipinski definition) is 2. The fourth-order valence-corrected chi connectivity index (χ4v) is 1.57. The van der Waals surface area contributed by atoms with Gasteiger partial charge in [0.15, 0.2) is 0 Å². The highest BCUT2D eigenvalue weighted by atomic mass is 16.1. The van der Waals surface area contributed by atoms with Gasteiger partial charge in [-0.3, -0.25) is 4.79 Å². The van der Waals surface area contributed by atoms with Crippen molar-refractivity contribution in [3.63, 3.8) is 0 Å². The van der Waals surface area contributed by atoms with Crippen LogP contribution in [0, 0.1) is 11.3 Å². The van der Waals surface area contributed by atoms with E-state index in [4.69, 9.17) is 5.73 Å². The van der Waals surface area contributed by atoms with Crippen LogP contribution in [0.1, 0.15) is 27.2 Å². The van der Waals surface area contributed by atoms with Gasteiger partial charge in [0.1, 0.15) is 0 Å². The number of rotatable bonds is 6. The molecule has 0 radical (unpaired) electrons. The molecule has 0 bridgehead atoms. The first-order valence-corrected chi connectivity index (χ1v) is 5.89. The largest absolute Gasteiger partial charge is 0.355 e. The normalized spacial score (nSPS) is 13.9. The standard InChI is InChI=1S/C12H27N3O/c1-12(2,3)8-10(9-13)11(16)14-6-7-15(4)5/h10H,6-9,13H2,1-5H3,(H,14,16). The van der Waals surface area contributed by atoms with Crippen LogP contribution in [0.5, 0.6) is 0 Å². The minimum atomic E-state index is -0.0674. The van der Waals surface area contributed by atoms with Crippen molar-refractivity contribution in [3.05, 3.63) is 0 Å². The van der Waals surface area contributed by atoms with E-state index in [2.05, 4.69) is 26.1 Å². The molecule has 0 spiro atoms. The highest BCUT2D eigenvalue weighted by Crippen LogP contribution is 2.23. The molecule has 0 fully saturated rings. The van der Waals surface area contributed by atoms with Crippen molar-refractivity contribution in [2.45, 2.75) is 27.2 Å². The van der Waals surface area contributed by atoms with Crippen LogP contribution in [-0.2, 0) is 4.79 Å². The maximum absolute atomic E-state index is 11.8. The number of nitrogens with zero attached hydrogens (tertiary/aromatic N) is 1. The van der Waals surface area contributed by atoms with Gasteiger partial charge in [-0.2, -0.15) is 0 Å². The van der Waals surface area contributed by atoms with E-state index in [1.165, 1.54) is 0 Å². The molecular weight excluding hydrogens is 202 g/mol. The van der Waals surface area contributed by atoms with Crippen LogP contribution in [0.4, 0.5) is 0 Å². The molecule has 1 amide bonds. The summed E-state index contributed by atoms with van der Waals surface area (Å²) in [7, 11) is 3.98. The van der Waals surface area contributed by atoms with Gasteiger partial charge in [-0.05, 0) is 25.9 Å². The van der Waals surface area contributed by atoms with E-state index in [1.807, 2.05) is 19.0 Å². The lowest BCUT2D eigenvalue weighted by Crippen LogP contribution is -2.39. The van der Waals surface area contributed by atoms with Gasteiger partial charge in [0.05, 0.1) is 5.92 Å². The van der Waals surface area contributed by atoms with E-state index >= 15 is 0 Å². The van der Waals surface area contributed by atoms with Crippen molar-refractivity contribution in [2.75, 3.05) is 33.7 Å². The molecular formula is C12H27N3O. The Morgan fingerprint density at radius 3 is 2.31 bits per heavy atom. The number of nitrogens with one attached hydrogen (secondary N) is 1. The van der Waals surface area contributed by atoms with Gasteiger partial charge in [-0.25, -0.2) is 0 Å². The molecule has 16 heavy (non-hydrogen) atoms. The number of likely N-dealkylation sites (N-methyl/N-ethyl adjacent to an activating group) is 1. The Bertz CT molecular complexity index is 209. The maximum Gasteiger partial charge on any atom is 0.224 e. The first kappa shape index (κ1) is 15.4. The predicted octanol–water partition coefficient (Wildman–Crippen LogP) is 0.675. The molecule has 0 rings (SSSR count). The molecule has 0 heterocycles. The van der Waals surface area contributed by atoms with E-state index < -0.39 is 0 Å². The third-order valence-electron chi connectivity index (χ3n) is 2.37. The zero-order valence-corrected chi connectivity index (χ0v) is 11.3. The molecule has 3 N–H and O–H groups in total. The van der Waals surface area contributed by atoms with Crippen molar-refractivity contribution < 1.29 is 4.79 Å². The number of nitrogens with two attached hydrogens (primary N) is 1. The molecule has 0 aliphatic rings. The molecule has 4 heteroatoms. The van der Waals surface area contributed by atoms with Crippen LogP contribution in [0.25, 0.3) is 0 Å². The average Bonchev–Trinajstić information content (AvgIpc) is 2.11. The quantitative estimate of drug-likeness (QED) is 0.704. The Morgan fingerprint density at radius 1 is 1.38 bits per heavy atom. The second-order valence-electron chi connectivity index (χ2n) is 5.79. The van der Waals surface area contributed by atoms with Crippen LogP contribution in [0.2, 0.25) is 0 Å². The summed E-state index contributed by atoms with van der Waals surface area (Å²) in [6.45, 7) is 8.35. The SMILES string of the molecule is CN(C)CCNC(=O)C(CN)CC(C)(C)C. The molecule has 0 aromatic carbocycles. The van der Waals surface area contributed by atoms with E-state index in [1.54, 1.807) is 0 Å². The van der Waals surface area contributed by atoms with Crippen molar-refractivity contribution in [3.8, 4) is 0 Å². The van der Waals surface area contributed by atoms with Crippen molar-refractivity contribution in [1.82, 2.24) is 10.2 Å². The molecule has 96 valence electrons. The molecule has 0 aliphatic carbocycles. The van der Waals surface area contributed by atoms with Crippen molar-refractivity contribution in [1.29, 1.82) is 0 Å². The Balaban J connectivity index is 4.02. The fraction of sp³-hybridized carbons (Fsp3) is 0.917. The zero-order chi connectivity index (χ0) is 12.8. The van der Waals surface area contributed by atoms with Crippen LogP contribution in [0.15, 0.2) is 0 Å². The second kappa shape index (κ2) is 6.86. The van der Waals surface area contributed by atoms with Crippen molar-refractivity contribution in [2.24, 2.45) is 17.1 Å². The second-order valence-corrected chi connectivity index (χ2v) is 5.79. The van der Waals surface area contributed by atoms with Gasteiger partial charge in [-0.1, -0.05) is 20.8 Å². The first-order valence-electron chi connectivity index (χ1n) is 5.89. The highest BCUT2D eigenvalue weighted by Gasteiger charge is 2.23. The number of hydrogen-bond acceptors (Lipinski definition) is 3. The number of amides is 1. The van der Waals surface area contributed by atoms with Crippen molar-refractivity contribution >= 4 is 5.91 Å². The average molecular weight is 229 g/mol. The molecule has 0 saturated heterocycles. The minimum absolute atomic E-state index is 0.0674. The molecule has 1 atom stereocenters. The van der Waals surface area contributed by atoms with Crippen LogP contribution in [0.3, 0.4) is 0 Å². The van der Waals surface area contributed by atoms with Gasteiger partial charge in [0.25, 0.3) is 0 Å². The summed E-state index contributed by atoms with van der Waals surface area (Å²) in [5.41, 5.74) is 5.78. The summed E-state index contributed by atoms with van der Waals surface area (Å²) in [4.78, 5) is 13.9. The Kier molecular flexibility index (Phi) is 6.60. The molecule has 0 aliphatic heterocycles. The third kappa shape index (κ3) is 7.65. The Hall–Kier alpha value is -0.610. The maximum atomic E-state index is 11.8. The van der Waals surface area contributed by atoms with E-state index in [-0.39, 0.29) is 17.2 Å². The lowest BCUT2D eigenvalue weighted by Gasteiger charge is -2.24. The molecule has 0 saturated carbocycles. The van der Waals surface area contributed by atoms with E-state index in [0.717, 1.165) is 13.0 Å². The zero-order valence-electron chi connectivity index (χ0n) is 11.3. The summed E-state index contributed by atoms with van der Waals surface area (Å²) in [5, 5.41) is 2.93. The monoisotopic (exact) mass is 229 g/mol. The lowest BCUT2D eigenvalue weighted by atomic mass is 9.84. The molecule has 1 unspecified atom stereocenters. The summed E-state index contributed by atoms with van der Waals surface area (Å²) in [6, 6.07) is 0. The summed E-state index contributed by atoms with van der Waals surface area (Å²) in [5.74, 6) is 0.0152. The lowest BCUT2D eigenvalue weighted by molar-refractivity contribution is -0.125. The van der Waals surface area contributed by atoms with E-state index in [9.17, 15) is 4.79 Å². The first-order chi connectivity index (χ1) is 7.26. The van der Waals surface area contributed by atoms with Gasteiger partial charge < -0.3 is 16.0 Å². The smallest absolute Gasteiger partial charge is 0.224 e. The van der Waals surface area contributed by atoms with Crippen LogP contribution in [-0.4, -0.2) is 44.5 Å². The Morgan fingerprint density at radius 2 is 1.94 bits per heavy atom. The fourth-order valence-electron chi connectivity index (χ4n) is 1.57. The predicted molar refractivity (Wildman–Crippen MR) is 68.2 cm³/mol. The summed E-state index contributed by atoms with van der Waals surface area (Å²) < 4.78 is 0. The highest BCUT2D eigenvalue weighted by molar-refractivity contribution is 5.78. The third-order valence-corrected chi connectivity index (χ3v) is 2.37. The van der Waals surface area contributed by atoms with Gasteiger partial charge in [0, 0.05) is 19.6 Å². The van der Waals surface area contributed by atoms with Gasteiger partial charge in [0.2, 0.25) is 5.91 Å². The summed E-state index contributed by atoms with van der Waals surface area (Å²) >= 11 is 0. The summed E-state index contributed by atoms with van der Waals surface area (Å²) in [6.07, 6.45) is 0.831. The van der Waals surface area contributed by atoms with Crippen LogP contribution >= 0.6 is 0 Å². The molecule has 0 aromatic rings. The molecule has 4 nitrogen and oxygen atoms in total. The van der Waals surface area contributed by atoms with E-state index in [0.29, 0.717) is 13.1 Å². The molecule has 0 aromatic heterocycles. The number of carbonyl (C=O) groups excluding carboxylic acids is 1. The van der Waals surface area contributed by atoms with Gasteiger partial charge >= 0.3 is 0 Å². The van der Waals surface area contributed by atoms with Crippen LogP contribution < -0.4 is 11.1 Å². The topological polar surface area (TPSA) is 58.4 Å². The Labute approximate surface area is 99.6 Å². The number of carbonyl (C=O) groups is 1.